The molecule has 0 aromatic heterocycles. The smallest absolute Gasteiger partial charge is 0.0166 e. The van der Waals surface area contributed by atoms with Gasteiger partial charge in [0.2, 0.25) is 0 Å². The Morgan fingerprint density at radius 3 is 1.25 bits per heavy atom. The molecule has 0 nitrogen and oxygen atoms in total. The number of hydrogen-bond acceptors (Lipinski definition) is 0. The van der Waals surface area contributed by atoms with Crippen LogP contribution in [0.3, 0.4) is 0 Å². The fraction of sp³-hybridized carbons (Fsp3) is 0.500. The molecule has 0 heteroatoms. The molecule has 0 amide bonds. The Morgan fingerprint density at radius 2 is 0.917 bits per heavy atom. The van der Waals surface area contributed by atoms with Crippen LogP contribution in [0.25, 0.3) is 0 Å². The summed E-state index contributed by atoms with van der Waals surface area (Å²) in [7, 11) is 0. The Morgan fingerprint density at radius 1 is 0.583 bits per heavy atom. The highest BCUT2D eigenvalue weighted by atomic mass is 13.8. The molecule has 0 heterocycles. The minimum absolute atomic E-state index is 1.09. The first-order valence-electron chi connectivity index (χ1n) is 4.97. The van der Waals surface area contributed by atoms with Crippen LogP contribution in [0.15, 0.2) is 36.5 Å². The Labute approximate surface area is 77.7 Å². The van der Waals surface area contributed by atoms with Gasteiger partial charge in [-0.25, -0.2) is 0 Å². The fourth-order valence-electron chi connectivity index (χ4n) is 0.664. The predicted molar refractivity (Wildman–Crippen MR) is 59.4 cm³/mol. The van der Waals surface area contributed by atoms with E-state index in [-0.39, 0.29) is 0 Å². The topological polar surface area (TPSA) is 0 Å². The lowest BCUT2D eigenvalue weighted by Crippen LogP contribution is -1.64. The number of hydrogen-bond donors (Lipinski definition) is 0. The van der Waals surface area contributed by atoms with Gasteiger partial charge >= 0.3 is 0 Å². The summed E-state index contributed by atoms with van der Waals surface area (Å²) in [5.41, 5.74) is 0. The van der Waals surface area contributed by atoms with E-state index in [9.17, 15) is 0 Å². The van der Waals surface area contributed by atoms with E-state index in [4.69, 9.17) is 0 Å². The van der Waals surface area contributed by atoms with Crippen molar-refractivity contribution in [2.24, 2.45) is 0 Å². The van der Waals surface area contributed by atoms with Gasteiger partial charge in [0, 0.05) is 0 Å². The minimum Gasteiger partial charge on any atom is -0.0844 e. The molecular formula is C12H22. The average molecular weight is 166 g/mol. The van der Waals surface area contributed by atoms with Crippen LogP contribution in [0.2, 0.25) is 0 Å². The second-order valence-electron chi connectivity index (χ2n) is 1.80. The normalized spacial score (nSPS) is 18.3. The lowest BCUT2D eigenvalue weighted by atomic mass is 10.2. The Kier molecular flexibility index (Phi) is 19.1. The SMILES string of the molecule is C1=CC/C=C\C/C=C\1.CC.CC. The molecule has 0 spiro atoms. The Hall–Kier alpha value is -0.780. The monoisotopic (exact) mass is 166 g/mol. The second kappa shape index (κ2) is 16.7. The zero-order chi connectivity index (χ0) is 9.66. The fourth-order valence-corrected chi connectivity index (χ4v) is 0.664. The summed E-state index contributed by atoms with van der Waals surface area (Å²) in [5, 5.41) is 0. The molecule has 0 fully saturated rings. The molecule has 0 saturated heterocycles. The van der Waals surface area contributed by atoms with Crippen molar-refractivity contribution in [2.45, 2.75) is 40.5 Å². The first-order chi connectivity index (χ1) is 6.00. The maximum Gasteiger partial charge on any atom is -0.0166 e. The van der Waals surface area contributed by atoms with Crippen LogP contribution in [0, 0.1) is 0 Å². The highest BCUT2D eigenvalue weighted by Crippen LogP contribution is 1.95. The molecule has 70 valence electrons. The summed E-state index contributed by atoms with van der Waals surface area (Å²) in [5.74, 6) is 0. The zero-order valence-corrected chi connectivity index (χ0v) is 8.88. The number of allylic oxidation sites excluding steroid dienone is 6. The summed E-state index contributed by atoms with van der Waals surface area (Å²) in [6.45, 7) is 8.00. The first kappa shape index (κ1) is 13.8. The molecule has 0 aromatic rings. The minimum atomic E-state index is 1.09. The summed E-state index contributed by atoms with van der Waals surface area (Å²) in [6, 6.07) is 0. The van der Waals surface area contributed by atoms with Crippen molar-refractivity contribution in [3.05, 3.63) is 36.5 Å². The van der Waals surface area contributed by atoms with E-state index < -0.39 is 0 Å². The van der Waals surface area contributed by atoms with Crippen molar-refractivity contribution in [3.8, 4) is 0 Å². The van der Waals surface area contributed by atoms with Crippen molar-refractivity contribution < 1.29 is 0 Å². The van der Waals surface area contributed by atoms with Gasteiger partial charge in [-0.05, 0) is 12.8 Å². The average Bonchev–Trinajstić information content (AvgIpc) is 2.10. The first-order valence-corrected chi connectivity index (χ1v) is 4.97. The third kappa shape index (κ3) is 12.0. The van der Waals surface area contributed by atoms with E-state index in [0.717, 1.165) is 12.8 Å². The van der Waals surface area contributed by atoms with Crippen LogP contribution in [0.4, 0.5) is 0 Å². The quantitative estimate of drug-likeness (QED) is 0.465. The summed E-state index contributed by atoms with van der Waals surface area (Å²) >= 11 is 0. The van der Waals surface area contributed by atoms with E-state index in [1.54, 1.807) is 0 Å². The Balaban J connectivity index is 0. The van der Waals surface area contributed by atoms with Crippen molar-refractivity contribution in [1.29, 1.82) is 0 Å². The molecule has 1 aliphatic rings. The molecule has 12 heavy (non-hydrogen) atoms. The van der Waals surface area contributed by atoms with E-state index in [2.05, 4.69) is 36.5 Å². The van der Waals surface area contributed by atoms with Crippen molar-refractivity contribution in [3.63, 3.8) is 0 Å². The third-order valence-corrected chi connectivity index (χ3v) is 1.09. The van der Waals surface area contributed by atoms with Gasteiger partial charge in [-0.15, -0.1) is 0 Å². The molecule has 0 radical (unpaired) electrons. The summed E-state index contributed by atoms with van der Waals surface area (Å²) in [4.78, 5) is 0. The molecule has 0 atom stereocenters. The van der Waals surface area contributed by atoms with Crippen LogP contribution >= 0.6 is 0 Å². The van der Waals surface area contributed by atoms with Gasteiger partial charge in [-0.1, -0.05) is 64.2 Å². The maximum absolute atomic E-state index is 2.18. The standard InChI is InChI=1S/C8H10.2C2H6/c1-2-4-6-8-7-5-3-1;2*1-2/h1-4,7-8H,5-6H2;2*1-2H3/b3-1-,4-2?,8-7-;;. The van der Waals surface area contributed by atoms with Crippen molar-refractivity contribution >= 4 is 0 Å². The molecule has 1 aliphatic carbocycles. The second-order valence-corrected chi connectivity index (χ2v) is 1.80. The third-order valence-electron chi connectivity index (χ3n) is 1.09. The molecule has 1 rings (SSSR count). The van der Waals surface area contributed by atoms with Gasteiger partial charge in [-0.2, -0.15) is 0 Å². The number of rotatable bonds is 0. The largest absolute Gasteiger partial charge is 0.0844 e. The van der Waals surface area contributed by atoms with Gasteiger partial charge in [0.25, 0.3) is 0 Å². The highest BCUT2D eigenvalue weighted by molar-refractivity contribution is 5.09. The summed E-state index contributed by atoms with van der Waals surface area (Å²) < 4.78 is 0. The van der Waals surface area contributed by atoms with Crippen molar-refractivity contribution in [1.82, 2.24) is 0 Å². The lowest BCUT2D eigenvalue weighted by molar-refractivity contribution is 1.29. The van der Waals surface area contributed by atoms with Gasteiger partial charge < -0.3 is 0 Å². The molecule has 0 unspecified atom stereocenters. The highest BCUT2D eigenvalue weighted by Gasteiger charge is 1.74. The van der Waals surface area contributed by atoms with E-state index in [1.807, 2.05) is 27.7 Å². The van der Waals surface area contributed by atoms with Crippen LogP contribution in [0.5, 0.6) is 0 Å². The molecule has 0 aromatic carbocycles. The van der Waals surface area contributed by atoms with Crippen LogP contribution in [-0.2, 0) is 0 Å². The summed E-state index contributed by atoms with van der Waals surface area (Å²) in [6.07, 6.45) is 15.0. The maximum atomic E-state index is 2.18. The molecule has 0 N–H and O–H groups in total. The Bertz CT molecular complexity index is 111. The molecule has 0 aliphatic heterocycles. The van der Waals surface area contributed by atoms with Crippen molar-refractivity contribution in [2.75, 3.05) is 0 Å². The van der Waals surface area contributed by atoms with Gasteiger partial charge in [0.05, 0.1) is 0 Å². The molecular weight excluding hydrogens is 144 g/mol. The van der Waals surface area contributed by atoms with E-state index in [1.165, 1.54) is 0 Å². The molecule has 0 saturated carbocycles. The predicted octanol–water partition coefficient (Wildman–Crippen LogP) is 4.50. The van der Waals surface area contributed by atoms with E-state index in [0.29, 0.717) is 0 Å². The van der Waals surface area contributed by atoms with E-state index >= 15 is 0 Å². The molecule has 0 bridgehead atoms. The lowest BCUT2D eigenvalue weighted by Gasteiger charge is -1.85. The van der Waals surface area contributed by atoms with Crippen LogP contribution < -0.4 is 0 Å². The van der Waals surface area contributed by atoms with Gasteiger partial charge in [-0.3, -0.25) is 0 Å². The van der Waals surface area contributed by atoms with Crippen LogP contribution in [-0.4, -0.2) is 0 Å². The van der Waals surface area contributed by atoms with Gasteiger partial charge in [0.15, 0.2) is 0 Å². The van der Waals surface area contributed by atoms with Crippen LogP contribution in [0.1, 0.15) is 40.5 Å². The zero-order valence-electron chi connectivity index (χ0n) is 8.88. The van der Waals surface area contributed by atoms with Gasteiger partial charge in [0.1, 0.15) is 0 Å².